The number of pyridine rings is 1. The number of allylic oxidation sites excluding steroid dienone is 1. The Kier molecular flexibility index (Phi) is 6.03. The molecule has 2 aromatic heterocycles. The van der Waals surface area contributed by atoms with Crippen LogP contribution < -0.4 is 16.0 Å². The van der Waals surface area contributed by atoms with Gasteiger partial charge >= 0.3 is 0 Å². The van der Waals surface area contributed by atoms with Crippen LogP contribution in [0.5, 0.6) is 0 Å². The quantitative estimate of drug-likeness (QED) is 0.359. The zero-order valence-corrected chi connectivity index (χ0v) is 18.4. The molecule has 34 heavy (non-hydrogen) atoms. The molecule has 1 aliphatic heterocycles. The second kappa shape index (κ2) is 9.58. The number of nitrogens with zero attached hydrogens (tertiary/aromatic N) is 2. The first-order valence-corrected chi connectivity index (χ1v) is 11.1. The van der Waals surface area contributed by atoms with Crippen molar-refractivity contribution in [3.63, 3.8) is 0 Å². The number of rotatable bonds is 6. The first-order valence-electron chi connectivity index (χ1n) is 11.1. The van der Waals surface area contributed by atoms with Crippen LogP contribution in [0.15, 0.2) is 85.0 Å². The van der Waals surface area contributed by atoms with Crippen molar-refractivity contribution in [2.24, 2.45) is 0 Å². The molecule has 4 aromatic rings. The summed E-state index contributed by atoms with van der Waals surface area (Å²) in [6.45, 7) is 0.489. The molecule has 0 aliphatic carbocycles. The van der Waals surface area contributed by atoms with Crippen molar-refractivity contribution in [1.29, 1.82) is 0 Å². The van der Waals surface area contributed by atoms with Crippen LogP contribution >= 0.6 is 0 Å². The number of aromatic amines is 1. The van der Waals surface area contributed by atoms with E-state index >= 15 is 0 Å². The lowest BCUT2D eigenvalue weighted by atomic mass is 10.0. The second-order valence-electron chi connectivity index (χ2n) is 8.15. The van der Waals surface area contributed by atoms with Crippen LogP contribution in [0, 0.1) is 0 Å². The third kappa shape index (κ3) is 4.66. The summed E-state index contributed by atoms with van der Waals surface area (Å²) < 4.78 is 0. The van der Waals surface area contributed by atoms with Gasteiger partial charge in [0.25, 0.3) is 5.91 Å². The van der Waals surface area contributed by atoms with Crippen molar-refractivity contribution < 1.29 is 9.59 Å². The highest BCUT2D eigenvalue weighted by molar-refractivity contribution is 6.02. The number of nitrogens with one attached hydrogen (secondary N) is 4. The van der Waals surface area contributed by atoms with Gasteiger partial charge in [-0.2, -0.15) is 5.10 Å². The van der Waals surface area contributed by atoms with Gasteiger partial charge in [0.1, 0.15) is 11.7 Å². The minimum Gasteiger partial charge on any atom is -0.378 e. The van der Waals surface area contributed by atoms with E-state index in [1.54, 1.807) is 24.7 Å². The summed E-state index contributed by atoms with van der Waals surface area (Å²) in [5.41, 5.74) is 4.89. The molecular weight excluding hydrogens is 428 g/mol. The SMILES string of the molecule is O=C(NC1=CN[C@H](C(=O)NCc2ccccc2)CC1)c1ccc2[nH]nc(-c3ccncc3)c2c1. The van der Waals surface area contributed by atoms with E-state index in [1.807, 2.05) is 54.6 Å². The molecule has 0 saturated carbocycles. The molecule has 0 saturated heterocycles. The number of benzene rings is 2. The van der Waals surface area contributed by atoms with E-state index in [4.69, 9.17) is 0 Å². The van der Waals surface area contributed by atoms with Crippen LogP contribution in [-0.4, -0.2) is 33.0 Å². The fourth-order valence-corrected chi connectivity index (χ4v) is 3.97. The van der Waals surface area contributed by atoms with Crippen molar-refractivity contribution in [1.82, 2.24) is 31.1 Å². The van der Waals surface area contributed by atoms with Crippen LogP contribution in [0.3, 0.4) is 0 Å². The monoisotopic (exact) mass is 452 g/mol. The van der Waals surface area contributed by atoms with Gasteiger partial charge in [0.2, 0.25) is 5.91 Å². The molecule has 1 aliphatic rings. The number of aromatic nitrogens is 3. The number of carbonyl (C=O) groups excluding carboxylic acids is 2. The lowest BCUT2D eigenvalue weighted by molar-refractivity contribution is -0.123. The standard InChI is InChI=1S/C26H24N6O2/c33-25(19-6-8-22-21(14-19)24(32-31-22)18-10-12-27-13-11-18)30-20-7-9-23(28-16-20)26(34)29-15-17-4-2-1-3-5-17/h1-6,8,10-14,16,23,28H,7,9,15H2,(H,29,34)(H,30,33)(H,31,32)/t23-/m0/s1. The van der Waals surface area contributed by atoms with Gasteiger partial charge in [-0.3, -0.25) is 19.7 Å². The van der Waals surface area contributed by atoms with E-state index in [0.29, 0.717) is 24.9 Å². The molecule has 2 amide bonds. The molecule has 3 heterocycles. The largest absolute Gasteiger partial charge is 0.378 e. The first kappa shape index (κ1) is 21.4. The fraction of sp³-hybridized carbons (Fsp3) is 0.154. The van der Waals surface area contributed by atoms with Gasteiger partial charge in [0.05, 0.1) is 5.52 Å². The molecule has 5 rings (SSSR count). The summed E-state index contributed by atoms with van der Waals surface area (Å²) in [5, 5.41) is 17.3. The zero-order chi connectivity index (χ0) is 23.3. The molecule has 0 fully saturated rings. The summed E-state index contributed by atoms with van der Waals surface area (Å²) in [4.78, 5) is 29.4. The summed E-state index contributed by atoms with van der Waals surface area (Å²) in [6.07, 6.45) is 6.33. The molecule has 8 nitrogen and oxygen atoms in total. The zero-order valence-electron chi connectivity index (χ0n) is 18.4. The van der Waals surface area contributed by atoms with Crippen molar-refractivity contribution >= 4 is 22.7 Å². The summed E-state index contributed by atoms with van der Waals surface area (Å²) >= 11 is 0. The van der Waals surface area contributed by atoms with E-state index in [1.165, 1.54) is 0 Å². The number of hydrogen-bond acceptors (Lipinski definition) is 5. The minimum atomic E-state index is -0.324. The van der Waals surface area contributed by atoms with Gasteiger partial charge < -0.3 is 16.0 Å². The number of H-pyrrole nitrogens is 1. The van der Waals surface area contributed by atoms with Gasteiger partial charge in [-0.25, -0.2) is 0 Å². The van der Waals surface area contributed by atoms with Crippen LogP contribution in [-0.2, 0) is 11.3 Å². The number of carbonyl (C=O) groups is 2. The van der Waals surface area contributed by atoms with Gasteiger partial charge in [0.15, 0.2) is 0 Å². The Balaban J connectivity index is 1.22. The molecule has 1 atom stereocenters. The molecule has 4 N–H and O–H groups in total. The molecule has 8 heteroatoms. The van der Waals surface area contributed by atoms with Gasteiger partial charge in [-0.1, -0.05) is 30.3 Å². The maximum absolute atomic E-state index is 12.9. The Hall–Kier alpha value is -4.46. The average molecular weight is 453 g/mol. The van der Waals surface area contributed by atoms with Crippen molar-refractivity contribution in [2.75, 3.05) is 0 Å². The molecule has 0 bridgehead atoms. The third-order valence-corrected chi connectivity index (χ3v) is 5.84. The fourth-order valence-electron chi connectivity index (χ4n) is 3.97. The lowest BCUT2D eigenvalue weighted by Gasteiger charge is -2.23. The van der Waals surface area contributed by atoms with Crippen molar-refractivity contribution in [3.05, 3.63) is 96.1 Å². The molecule has 2 aromatic carbocycles. The van der Waals surface area contributed by atoms with Crippen molar-refractivity contribution in [2.45, 2.75) is 25.4 Å². The van der Waals surface area contributed by atoms with E-state index in [-0.39, 0.29) is 17.9 Å². The molecular formula is C26H24N6O2. The predicted octanol–water partition coefficient (Wildman–Crippen LogP) is 3.26. The van der Waals surface area contributed by atoms with Crippen LogP contribution in [0.25, 0.3) is 22.2 Å². The van der Waals surface area contributed by atoms with Crippen LogP contribution in [0.4, 0.5) is 0 Å². The van der Waals surface area contributed by atoms with E-state index in [0.717, 1.165) is 33.4 Å². The number of fused-ring (bicyclic) bond motifs is 1. The molecule has 170 valence electrons. The lowest BCUT2D eigenvalue weighted by Crippen LogP contribution is -2.44. The smallest absolute Gasteiger partial charge is 0.255 e. The number of hydrogen-bond donors (Lipinski definition) is 4. The van der Waals surface area contributed by atoms with Crippen LogP contribution in [0.2, 0.25) is 0 Å². The Labute approximate surface area is 196 Å². The van der Waals surface area contributed by atoms with E-state index in [9.17, 15) is 9.59 Å². The Morgan fingerprint density at radius 3 is 2.62 bits per heavy atom. The van der Waals surface area contributed by atoms with Gasteiger partial charge in [-0.05, 0) is 48.7 Å². The summed E-state index contributed by atoms with van der Waals surface area (Å²) in [5.74, 6) is -0.261. The highest BCUT2D eigenvalue weighted by Gasteiger charge is 2.22. The van der Waals surface area contributed by atoms with Gasteiger partial charge in [-0.15, -0.1) is 0 Å². The third-order valence-electron chi connectivity index (χ3n) is 5.84. The minimum absolute atomic E-state index is 0.0560. The highest BCUT2D eigenvalue weighted by Crippen LogP contribution is 2.26. The normalized spacial score (nSPS) is 15.3. The number of amides is 2. The Morgan fingerprint density at radius 2 is 1.85 bits per heavy atom. The Bertz CT molecular complexity index is 1350. The molecule has 0 spiro atoms. The van der Waals surface area contributed by atoms with E-state index < -0.39 is 0 Å². The highest BCUT2D eigenvalue weighted by atomic mass is 16.2. The molecule has 0 radical (unpaired) electrons. The first-order chi connectivity index (χ1) is 16.7. The topological polar surface area (TPSA) is 112 Å². The van der Waals surface area contributed by atoms with Crippen molar-refractivity contribution in [3.8, 4) is 11.3 Å². The Morgan fingerprint density at radius 1 is 1.03 bits per heavy atom. The van der Waals surface area contributed by atoms with Crippen LogP contribution in [0.1, 0.15) is 28.8 Å². The molecule has 0 unspecified atom stereocenters. The predicted molar refractivity (Wildman–Crippen MR) is 129 cm³/mol. The summed E-state index contributed by atoms with van der Waals surface area (Å²) in [7, 11) is 0. The summed E-state index contributed by atoms with van der Waals surface area (Å²) in [6, 6.07) is 18.7. The van der Waals surface area contributed by atoms with E-state index in [2.05, 4.69) is 31.1 Å². The maximum Gasteiger partial charge on any atom is 0.255 e. The average Bonchev–Trinajstić information content (AvgIpc) is 3.32. The second-order valence-corrected chi connectivity index (χ2v) is 8.15. The van der Waals surface area contributed by atoms with Gasteiger partial charge in [0, 0.05) is 47.3 Å². The maximum atomic E-state index is 12.9.